The van der Waals surface area contributed by atoms with Crippen LogP contribution in [0.4, 0.5) is 8.78 Å². The van der Waals surface area contributed by atoms with Gasteiger partial charge in [0.25, 0.3) is 6.43 Å². The third-order valence-electron chi connectivity index (χ3n) is 4.19. The molecule has 0 aliphatic carbocycles. The molecule has 1 amide bonds. The lowest BCUT2D eigenvalue weighted by Crippen LogP contribution is -2.54. The highest BCUT2D eigenvalue weighted by atomic mass is 19.3. The molecule has 0 spiro atoms. The number of hydrogen-bond donors (Lipinski definition) is 1. The maximum absolute atomic E-state index is 14.2. The van der Waals surface area contributed by atoms with E-state index in [0.717, 1.165) is 4.90 Å². The molecule has 1 aliphatic rings. The van der Waals surface area contributed by atoms with Gasteiger partial charge in [0.05, 0.1) is 6.42 Å². The molecule has 10 heteroatoms. The molecule has 1 heterocycles. The number of carboxylic acids is 1. The van der Waals surface area contributed by atoms with Gasteiger partial charge in [-0.1, -0.05) is 0 Å². The van der Waals surface area contributed by atoms with Crippen LogP contribution < -0.4 is 0 Å². The van der Waals surface area contributed by atoms with Crippen LogP contribution in [0.1, 0.15) is 60.8 Å². The van der Waals surface area contributed by atoms with Gasteiger partial charge in [-0.2, -0.15) is 0 Å². The van der Waals surface area contributed by atoms with Crippen molar-refractivity contribution < 1.29 is 42.5 Å². The second-order valence-electron chi connectivity index (χ2n) is 9.04. The van der Waals surface area contributed by atoms with E-state index in [2.05, 4.69) is 0 Å². The normalized spacial score (nSPS) is 18.0. The number of amides is 1. The summed E-state index contributed by atoms with van der Waals surface area (Å²) in [6.45, 7) is 8.60. The molecule has 1 N–H and O–H groups in total. The SMILES string of the molecule is CC(C)(C)OC(=O)C(CC(=O)N1CCC[C@H]1C(=O)O)(C(=O)OC(C)(C)C)C(F)F. The van der Waals surface area contributed by atoms with Crippen molar-refractivity contribution in [2.24, 2.45) is 5.41 Å². The van der Waals surface area contributed by atoms with Gasteiger partial charge in [0.1, 0.15) is 17.2 Å². The number of esters is 2. The largest absolute Gasteiger partial charge is 0.480 e. The minimum Gasteiger partial charge on any atom is -0.480 e. The summed E-state index contributed by atoms with van der Waals surface area (Å²) in [4.78, 5) is 50.4. The summed E-state index contributed by atoms with van der Waals surface area (Å²) in [5.41, 5.74) is -5.62. The van der Waals surface area contributed by atoms with Gasteiger partial charge < -0.3 is 19.5 Å². The first kappa shape index (κ1) is 24.8. The molecule has 1 rings (SSSR count). The maximum atomic E-state index is 14.2. The Morgan fingerprint density at radius 1 is 1.00 bits per heavy atom. The molecule has 0 aromatic heterocycles. The summed E-state index contributed by atoms with van der Waals surface area (Å²) in [7, 11) is 0. The third-order valence-corrected chi connectivity index (χ3v) is 4.19. The molecule has 0 unspecified atom stereocenters. The predicted molar refractivity (Wildman–Crippen MR) is 97.1 cm³/mol. The van der Waals surface area contributed by atoms with Crippen LogP contribution in [0.2, 0.25) is 0 Å². The quantitative estimate of drug-likeness (QED) is 0.518. The van der Waals surface area contributed by atoms with Crippen LogP contribution in [0.15, 0.2) is 0 Å². The van der Waals surface area contributed by atoms with E-state index in [1.54, 1.807) is 0 Å². The van der Waals surface area contributed by atoms with E-state index in [4.69, 9.17) is 9.47 Å². The Kier molecular flexibility index (Phi) is 7.37. The van der Waals surface area contributed by atoms with Crippen molar-refractivity contribution in [3.63, 3.8) is 0 Å². The Morgan fingerprint density at radius 2 is 1.45 bits per heavy atom. The maximum Gasteiger partial charge on any atom is 0.330 e. The van der Waals surface area contributed by atoms with Gasteiger partial charge in [-0.05, 0) is 54.4 Å². The molecule has 0 bridgehead atoms. The zero-order valence-corrected chi connectivity index (χ0v) is 17.6. The van der Waals surface area contributed by atoms with Gasteiger partial charge in [0.2, 0.25) is 11.3 Å². The number of rotatable bonds is 6. The Morgan fingerprint density at radius 3 is 1.79 bits per heavy atom. The minimum atomic E-state index is -3.61. The summed E-state index contributed by atoms with van der Waals surface area (Å²) in [5, 5.41) is 9.24. The molecular formula is C19H29F2NO7. The van der Waals surface area contributed by atoms with Crippen molar-refractivity contribution in [3.05, 3.63) is 0 Å². The number of carbonyl (C=O) groups is 4. The van der Waals surface area contributed by atoms with Crippen molar-refractivity contribution in [3.8, 4) is 0 Å². The van der Waals surface area contributed by atoms with Crippen LogP contribution in [0.5, 0.6) is 0 Å². The van der Waals surface area contributed by atoms with Crippen LogP contribution in [0, 0.1) is 5.41 Å². The molecule has 1 atom stereocenters. The smallest absolute Gasteiger partial charge is 0.330 e. The van der Waals surface area contributed by atoms with Crippen molar-refractivity contribution in [2.75, 3.05) is 6.54 Å². The average molecular weight is 421 g/mol. The van der Waals surface area contributed by atoms with E-state index in [1.165, 1.54) is 41.5 Å². The van der Waals surface area contributed by atoms with Crippen LogP contribution in [0.25, 0.3) is 0 Å². The van der Waals surface area contributed by atoms with E-state index in [-0.39, 0.29) is 13.0 Å². The number of aliphatic carboxylic acids is 1. The molecule has 8 nitrogen and oxygen atoms in total. The Hall–Kier alpha value is -2.26. The summed E-state index contributed by atoms with van der Waals surface area (Å²) in [5.74, 6) is -5.51. The number of halogens is 2. The van der Waals surface area contributed by atoms with E-state index >= 15 is 0 Å². The number of ether oxygens (including phenoxy) is 2. The third kappa shape index (κ3) is 6.11. The zero-order valence-electron chi connectivity index (χ0n) is 17.6. The van der Waals surface area contributed by atoms with Crippen LogP contribution in [-0.4, -0.2) is 64.0 Å². The first-order valence-electron chi connectivity index (χ1n) is 9.28. The van der Waals surface area contributed by atoms with Gasteiger partial charge in [0, 0.05) is 6.54 Å². The molecule has 1 saturated heterocycles. The van der Waals surface area contributed by atoms with E-state index in [0.29, 0.717) is 6.42 Å². The molecule has 0 aromatic rings. The molecule has 1 fully saturated rings. The van der Waals surface area contributed by atoms with Crippen molar-refractivity contribution >= 4 is 23.8 Å². The Labute approximate surface area is 168 Å². The van der Waals surface area contributed by atoms with Gasteiger partial charge >= 0.3 is 17.9 Å². The number of carbonyl (C=O) groups excluding carboxylic acids is 3. The molecule has 166 valence electrons. The monoisotopic (exact) mass is 421 g/mol. The number of hydrogen-bond acceptors (Lipinski definition) is 6. The van der Waals surface area contributed by atoms with E-state index < -0.39 is 59.3 Å². The predicted octanol–water partition coefficient (Wildman–Crippen LogP) is 2.39. The fraction of sp³-hybridized carbons (Fsp3) is 0.789. The summed E-state index contributed by atoms with van der Waals surface area (Å²) < 4.78 is 38.5. The lowest BCUT2D eigenvalue weighted by molar-refractivity contribution is -0.199. The van der Waals surface area contributed by atoms with Gasteiger partial charge in [-0.15, -0.1) is 0 Å². The summed E-state index contributed by atoms with van der Waals surface area (Å²) >= 11 is 0. The molecular weight excluding hydrogens is 392 g/mol. The molecule has 0 aromatic carbocycles. The van der Waals surface area contributed by atoms with E-state index in [9.17, 15) is 33.1 Å². The number of carboxylic acid groups (broad SMARTS) is 1. The van der Waals surface area contributed by atoms with Crippen molar-refractivity contribution in [2.45, 2.75) is 84.5 Å². The summed E-state index contributed by atoms with van der Waals surface area (Å²) in [6.07, 6.45) is -4.34. The summed E-state index contributed by atoms with van der Waals surface area (Å²) in [6, 6.07) is -1.20. The second-order valence-corrected chi connectivity index (χ2v) is 9.04. The fourth-order valence-electron chi connectivity index (χ4n) is 2.88. The highest BCUT2D eigenvalue weighted by molar-refractivity contribution is 6.04. The van der Waals surface area contributed by atoms with Crippen LogP contribution in [0.3, 0.4) is 0 Å². The first-order chi connectivity index (χ1) is 13.0. The van der Waals surface area contributed by atoms with Crippen LogP contribution in [-0.2, 0) is 28.7 Å². The van der Waals surface area contributed by atoms with Crippen molar-refractivity contribution in [1.82, 2.24) is 4.90 Å². The second kappa shape index (κ2) is 8.62. The van der Waals surface area contributed by atoms with E-state index in [1.807, 2.05) is 0 Å². The lowest BCUT2D eigenvalue weighted by atomic mass is 9.83. The minimum absolute atomic E-state index is 0.0256. The molecule has 1 aliphatic heterocycles. The zero-order chi connectivity index (χ0) is 22.8. The fourth-order valence-corrected chi connectivity index (χ4v) is 2.88. The highest BCUT2D eigenvalue weighted by Crippen LogP contribution is 2.38. The standard InChI is InChI=1S/C19H29F2NO7/c1-17(2,3)28-15(26)19(14(20)21,16(27)29-18(4,5)6)10-12(23)22-9-7-8-11(22)13(24)25/h11,14H,7-10H2,1-6H3,(H,24,25)/t11-/m0/s1. The average Bonchev–Trinajstić information content (AvgIpc) is 2.98. The van der Waals surface area contributed by atoms with Gasteiger partial charge in [-0.25, -0.2) is 13.6 Å². The van der Waals surface area contributed by atoms with Crippen LogP contribution >= 0.6 is 0 Å². The highest BCUT2D eigenvalue weighted by Gasteiger charge is 2.60. The molecule has 0 radical (unpaired) electrons. The van der Waals surface area contributed by atoms with Crippen molar-refractivity contribution in [1.29, 1.82) is 0 Å². The molecule has 29 heavy (non-hydrogen) atoms. The number of nitrogens with zero attached hydrogens (tertiary/aromatic N) is 1. The van der Waals surface area contributed by atoms with Gasteiger partial charge in [0.15, 0.2) is 0 Å². The Bertz CT molecular complexity index is 636. The Balaban J connectivity index is 3.37. The van der Waals surface area contributed by atoms with Gasteiger partial charge in [-0.3, -0.25) is 14.4 Å². The molecule has 0 saturated carbocycles. The number of alkyl halides is 2. The first-order valence-corrected chi connectivity index (χ1v) is 9.28. The number of likely N-dealkylation sites (tertiary alicyclic amines) is 1. The topological polar surface area (TPSA) is 110 Å². The lowest BCUT2D eigenvalue weighted by Gasteiger charge is -2.35.